The van der Waals surface area contributed by atoms with Crippen LogP contribution in [-0.2, 0) is 6.42 Å². The number of aromatic nitrogens is 4. The van der Waals surface area contributed by atoms with Crippen molar-refractivity contribution in [3.05, 3.63) is 29.3 Å². The molecule has 0 aromatic carbocycles. The van der Waals surface area contributed by atoms with Gasteiger partial charge in [0.15, 0.2) is 5.82 Å². The molecule has 17 heavy (non-hydrogen) atoms. The first-order chi connectivity index (χ1) is 8.15. The Morgan fingerprint density at radius 2 is 2.06 bits per heavy atom. The molecule has 90 valence electrons. The summed E-state index contributed by atoms with van der Waals surface area (Å²) in [5.74, 6) is 2.53. The molecule has 2 heterocycles. The van der Waals surface area contributed by atoms with Crippen molar-refractivity contribution in [3.63, 3.8) is 0 Å². The molecule has 0 spiro atoms. The van der Waals surface area contributed by atoms with Crippen LogP contribution >= 0.6 is 0 Å². The highest BCUT2D eigenvalue weighted by atomic mass is 15.3. The Labute approximate surface area is 101 Å². The summed E-state index contributed by atoms with van der Waals surface area (Å²) in [7, 11) is 1.87. The lowest BCUT2D eigenvalue weighted by Gasteiger charge is -2.11. The van der Waals surface area contributed by atoms with Crippen molar-refractivity contribution in [2.45, 2.75) is 27.2 Å². The van der Waals surface area contributed by atoms with Crippen LogP contribution in [0, 0.1) is 13.8 Å². The van der Waals surface area contributed by atoms with Crippen molar-refractivity contribution in [1.82, 2.24) is 19.7 Å². The lowest BCUT2D eigenvalue weighted by atomic mass is 10.3. The van der Waals surface area contributed by atoms with Crippen LogP contribution in [0.2, 0.25) is 0 Å². The van der Waals surface area contributed by atoms with Crippen LogP contribution in [0.1, 0.15) is 24.0 Å². The first-order valence-electron chi connectivity index (χ1n) is 5.73. The molecule has 0 unspecified atom stereocenters. The van der Waals surface area contributed by atoms with Crippen LogP contribution in [0.15, 0.2) is 12.3 Å². The van der Waals surface area contributed by atoms with Gasteiger partial charge in [0.2, 0.25) is 0 Å². The lowest BCUT2D eigenvalue weighted by Crippen LogP contribution is -2.09. The molecule has 0 aliphatic heterocycles. The number of nitrogens with one attached hydrogen (secondary N) is 1. The maximum absolute atomic E-state index is 4.53. The maximum atomic E-state index is 4.53. The molecule has 0 saturated carbocycles. The van der Waals surface area contributed by atoms with E-state index in [9.17, 15) is 0 Å². The molecule has 0 amide bonds. The first-order valence-corrected chi connectivity index (χ1v) is 5.73. The molecule has 0 fully saturated rings. The fourth-order valence-corrected chi connectivity index (χ4v) is 1.71. The second kappa shape index (κ2) is 4.53. The fourth-order valence-electron chi connectivity index (χ4n) is 1.71. The van der Waals surface area contributed by atoms with Gasteiger partial charge in [-0.2, -0.15) is 5.10 Å². The van der Waals surface area contributed by atoms with Crippen LogP contribution in [0.5, 0.6) is 0 Å². The fraction of sp³-hybridized carbons (Fsp3) is 0.417. The molecule has 0 saturated heterocycles. The predicted molar refractivity (Wildman–Crippen MR) is 67.6 cm³/mol. The van der Waals surface area contributed by atoms with Crippen molar-refractivity contribution in [2.75, 3.05) is 12.4 Å². The van der Waals surface area contributed by atoms with Gasteiger partial charge in [-0.15, -0.1) is 0 Å². The molecular formula is C12H17N5. The highest BCUT2D eigenvalue weighted by Crippen LogP contribution is 2.18. The van der Waals surface area contributed by atoms with Gasteiger partial charge < -0.3 is 5.32 Å². The summed E-state index contributed by atoms with van der Waals surface area (Å²) in [5, 5.41) is 7.49. The Bertz CT molecular complexity index is 530. The molecule has 0 radical (unpaired) electrons. The van der Waals surface area contributed by atoms with Crippen LogP contribution in [0.4, 0.5) is 5.82 Å². The van der Waals surface area contributed by atoms with E-state index in [-0.39, 0.29) is 0 Å². The third-order valence-corrected chi connectivity index (χ3v) is 2.66. The van der Waals surface area contributed by atoms with Crippen LogP contribution in [-0.4, -0.2) is 26.8 Å². The highest BCUT2D eigenvalue weighted by Gasteiger charge is 2.11. The number of anilines is 1. The highest BCUT2D eigenvalue weighted by molar-refractivity contribution is 5.51. The minimum atomic E-state index is 0.808. The van der Waals surface area contributed by atoms with Crippen LogP contribution in [0.3, 0.4) is 0 Å². The largest absolute Gasteiger partial charge is 0.373 e. The molecule has 0 bridgehead atoms. The molecule has 0 aliphatic carbocycles. The van der Waals surface area contributed by atoms with E-state index < -0.39 is 0 Å². The van der Waals surface area contributed by atoms with E-state index in [2.05, 4.69) is 20.4 Å². The normalized spacial score (nSPS) is 10.6. The molecule has 5 nitrogen and oxygen atoms in total. The van der Waals surface area contributed by atoms with Crippen molar-refractivity contribution >= 4 is 5.82 Å². The monoisotopic (exact) mass is 231 g/mol. The molecule has 1 N–H and O–H groups in total. The second-order valence-electron chi connectivity index (χ2n) is 3.94. The Hall–Kier alpha value is -1.91. The second-order valence-corrected chi connectivity index (χ2v) is 3.94. The smallest absolute Gasteiger partial charge is 0.162 e. The molecule has 2 rings (SSSR count). The SMILES string of the molecule is CCc1nc(NC)c(C)c(-n2ccc(C)n2)n1. The van der Waals surface area contributed by atoms with Gasteiger partial charge in [0.1, 0.15) is 11.6 Å². The average Bonchev–Trinajstić information content (AvgIpc) is 2.76. The Kier molecular flexibility index (Phi) is 3.08. The summed E-state index contributed by atoms with van der Waals surface area (Å²) in [6.07, 6.45) is 2.73. The summed E-state index contributed by atoms with van der Waals surface area (Å²) >= 11 is 0. The zero-order valence-corrected chi connectivity index (χ0v) is 10.7. The number of hydrogen-bond acceptors (Lipinski definition) is 4. The van der Waals surface area contributed by atoms with Gasteiger partial charge in [-0.1, -0.05) is 6.92 Å². The summed E-state index contributed by atoms with van der Waals surface area (Å²) in [6.45, 7) is 6.01. The topological polar surface area (TPSA) is 55.6 Å². The molecule has 0 atom stereocenters. The predicted octanol–water partition coefficient (Wildman–Crippen LogP) is 1.88. The van der Waals surface area contributed by atoms with Crippen molar-refractivity contribution in [1.29, 1.82) is 0 Å². The van der Waals surface area contributed by atoms with Crippen LogP contribution in [0.25, 0.3) is 5.82 Å². The zero-order valence-electron chi connectivity index (χ0n) is 10.7. The standard InChI is InChI=1S/C12H17N5/c1-5-10-14-11(13-4)9(3)12(15-10)17-7-6-8(2)16-17/h6-7H,5H2,1-4H3,(H,13,14,15). The van der Waals surface area contributed by atoms with E-state index in [1.807, 2.05) is 40.1 Å². The van der Waals surface area contributed by atoms with Gasteiger partial charge in [-0.25, -0.2) is 14.6 Å². The van der Waals surface area contributed by atoms with Crippen molar-refractivity contribution in [3.8, 4) is 5.82 Å². The van der Waals surface area contributed by atoms with Gasteiger partial charge in [-0.3, -0.25) is 0 Å². The molecule has 2 aromatic heterocycles. The quantitative estimate of drug-likeness (QED) is 0.876. The van der Waals surface area contributed by atoms with Crippen LogP contribution < -0.4 is 5.32 Å². The van der Waals surface area contributed by atoms with Gasteiger partial charge in [0.05, 0.1) is 5.69 Å². The summed E-state index contributed by atoms with van der Waals surface area (Å²) < 4.78 is 1.80. The van der Waals surface area contributed by atoms with Crippen molar-refractivity contribution in [2.24, 2.45) is 0 Å². The Morgan fingerprint density at radius 3 is 2.59 bits per heavy atom. The molecule has 2 aromatic rings. The van der Waals surface area contributed by atoms with E-state index >= 15 is 0 Å². The summed E-state index contributed by atoms with van der Waals surface area (Å²) in [5.41, 5.74) is 1.99. The van der Waals surface area contributed by atoms with E-state index in [0.717, 1.165) is 35.1 Å². The lowest BCUT2D eigenvalue weighted by molar-refractivity contribution is 0.795. The van der Waals surface area contributed by atoms with Gasteiger partial charge in [0.25, 0.3) is 0 Å². The summed E-state index contributed by atoms with van der Waals surface area (Å²) in [4.78, 5) is 8.97. The van der Waals surface area contributed by atoms with E-state index in [0.29, 0.717) is 0 Å². The third kappa shape index (κ3) is 2.13. The first kappa shape index (κ1) is 11.6. The zero-order chi connectivity index (χ0) is 12.4. The van der Waals surface area contributed by atoms with Gasteiger partial charge in [-0.05, 0) is 19.9 Å². The molecule has 5 heteroatoms. The van der Waals surface area contributed by atoms with E-state index in [1.165, 1.54) is 0 Å². The molecular weight excluding hydrogens is 214 g/mol. The Balaban J connectivity index is 2.59. The maximum Gasteiger partial charge on any atom is 0.162 e. The number of aryl methyl sites for hydroxylation is 2. The number of hydrogen-bond donors (Lipinski definition) is 1. The van der Waals surface area contributed by atoms with Gasteiger partial charge in [0, 0.05) is 25.2 Å². The van der Waals surface area contributed by atoms with Crippen molar-refractivity contribution < 1.29 is 0 Å². The molecule has 0 aliphatic rings. The Morgan fingerprint density at radius 1 is 1.29 bits per heavy atom. The number of nitrogens with zero attached hydrogens (tertiary/aromatic N) is 4. The minimum Gasteiger partial charge on any atom is -0.373 e. The van der Waals surface area contributed by atoms with E-state index in [1.54, 1.807) is 4.68 Å². The summed E-state index contributed by atoms with van der Waals surface area (Å²) in [6, 6.07) is 1.96. The number of rotatable bonds is 3. The van der Waals surface area contributed by atoms with E-state index in [4.69, 9.17) is 0 Å². The van der Waals surface area contributed by atoms with Gasteiger partial charge >= 0.3 is 0 Å². The minimum absolute atomic E-state index is 0.808. The average molecular weight is 231 g/mol. The third-order valence-electron chi connectivity index (χ3n) is 2.66.